The van der Waals surface area contributed by atoms with Gasteiger partial charge in [0.2, 0.25) is 0 Å². The number of aromatic nitrogens is 4. The number of nitrogens with two attached hydrogens (primary N) is 1. The molecule has 1 aromatic carbocycles. The second kappa shape index (κ2) is 5.23. The number of amidine groups is 1. The molecule has 0 saturated heterocycles. The van der Waals surface area contributed by atoms with Crippen LogP contribution >= 0.6 is 0 Å². The zero-order valence-electron chi connectivity index (χ0n) is 13.0. The standard InChI is InChI=1S/C17H15FN6/c1-17(9-24-5-4-22-16(24)15(19)23-17)13-6-11(2-3-14(13)18)12-7-20-10-21-8-12/h2-8,10H,9H2,1H3,(H2,19,23)/t17-/m1/s1. The number of benzene rings is 1. The van der Waals surface area contributed by atoms with E-state index in [1.807, 2.05) is 17.7 Å². The number of imidazole rings is 1. The van der Waals surface area contributed by atoms with E-state index in [1.54, 1.807) is 30.7 Å². The van der Waals surface area contributed by atoms with E-state index in [1.165, 1.54) is 12.4 Å². The van der Waals surface area contributed by atoms with Crippen LogP contribution in [0.1, 0.15) is 18.3 Å². The molecule has 3 heterocycles. The first-order chi connectivity index (χ1) is 11.6. The molecule has 1 atom stereocenters. The molecule has 2 aromatic heterocycles. The van der Waals surface area contributed by atoms with Crippen LogP contribution in [-0.4, -0.2) is 25.4 Å². The van der Waals surface area contributed by atoms with Crippen LogP contribution in [0, 0.1) is 5.82 Å². The molecule has 4 rings (SSSR count). The third-order valence-electron chi connectivity index (χ3n) is 4.23. The van der Waals surface area contributed by atoms with Crippen molar-refractivity contribution < 1.29 is 4.39 Å². The summed E-state index contributed by atoms with van der Waals surface area (Å²) in [5, 5.41) is 0. The van der Waals surface area contributed by atoms with Crippen LogP contribution in [0.4, 0.5) is 4.39 Å². The summed E-state index contributed by atoms with van der Waals surface area (Å²) < 4.78 is 16.5. The SMILES string of the molecule is C[C@]1(c2cc(-c3cncnc3)ccc2F)Cn2ccnc2C(N)=N1. The molecule has 1 aliphatic rings. The Kier molecular flexibility index (Phi) is 3.16. The van der Waals surface area contributed by atoms with E-state index in [9.17, 15) is 4.39 Å². The van der Waals surface area contributed by atoms with Gasteiger partial charge in [-0.15, -0.1) is 0 Å². The number of rotatable bonds is 2. The average molecular weight is 322 g/mol. The molecule has 3 aromatic rings. The van der Waals surface area contributed by atoms with Gasteiger partial charge in [0.25, 0.3) is 0 Å². The maximum Gasteiger partial charge on any atom is 0.175 e. The summed E-state index contributed by atoms with van der Waals surface area (Å²) in [6, 6.07) is 4.93. The summed E-state index contributed by atoms with van der Waals surface area (Å²) in [5.41, 5.74) is 7.34. The minimum absolute atomic E-state index is 0.307. The molecule has 120 valence electrons. The van der Waals surface area contributed by atoms with E-state index in [0.717, 1.165) is 11.1 Å². The van der Waals surface area contributed by atoms with Crippen LogP contribution in [0.15, 0.2) is 54.3 Å². The quantitative estimate of drug-likeness (QED) is 0.783. The maximum absolute atomic E-state index is 14.6. The molecule has 0 radical (unpaired) electrons. The van der Waals surface area contributed by atoms with E-state index >= 15 is 0 Å². The fourth-order valence-corrected chi connectivity index (χ4v) is 3.06. The predicted molar refractivity (Wildman–Crippen MR) is 87.7 cm³/mol. The normalized spacial score (nSPS) is 19.7. The van der Waals surface area contributed by atoms with Crippen LogP contribution in [-0.2, 0) is 12.1 Å². The smallest absolute Gasteiger partial charge is 0.175 e. The second-order valence-electron chi connectivity index (χ2n) is 5.97. The lowest BCUT2D eigenvalue weighted by molar-refractivity contribution is 0.383. The van der Waals surface area contributed by atoms with Gasteiger partial charge >= 0.3 is 0 Å². The summed E-state index contributed by atoms with van der Waals surface area (Å²) in [6.45, 7) is 2.33. The second-order valence-corrected chi connectivity index (χ2v) is 5.97. The molecule has 0 bridgehead atoms. The van der Waals surface area contributed by atoms with E-state index in [-0.39, 0.29) is 5.82 Å². The Morgan fingerprint density at radius 2 is 2.00 bits per heavy atom. The molecule has 2 N–H and O–H groups in total. The highest BCUT2D eigenvalue weighted by Gasteiger charge is 2.35. The number of fused-ring (bicyclic) bond motifs is 1. The molecule has 24 heavy (non-hydrogen) atoms. The molecule has 0 aliphatic carbocycles. The van der Waals surface area contributed by atoms with Crippen molar-refractivity contribution in [1.82, 2.24) is 19.5 Å². The highest BCUT2D eigenvalue weighted by molar-refractivity contribution is 5.95. The van der Waals surface area contributed by atoms with Crippen molar-refractivity contribution in [3.8, 4) is 11.1 Å². The summed E-state index contributed by atoms with van der Waals surface area (Å²) >= 11 is 0. The van der Waals surface area contributed by atoms with E-state index in [4.69, 9.17) is 5.73 Å². The van der Waals surface area contributed by atoms with Gasteiger partial charge in [-0.05, 0) is 24.6 Å². The Morgan fingerprint density at radius 3 is 2.79 bits per heavy atom. The Morgan fingerprint density at radius 1 is 1.21 bits per heavy atom. The van der Waals surface area contributed by atoms with Crippen molar-refractivity contribution in [3.05, 3.63) is 66.5 Å². The molecule has 6 nitrogen and oxygen atoms in total. The molecule has 1 aliphatic heterocycles. The third kappa shape index (κ3) is 2.25. The van der Waals surface area contributed by atoms with Gasteiger partial charge < -0.3 is 10.3 Å². The highest BCUT2D eigenvalue weighted by atomic mass is 19.1. The Labute approximate surface area is 137 Å². The topological polar surface area (TPSA) is 82.0 Å². The first-order valence-corrected chi connectivity index (χ1v) is 7.49. The molecule has 0 unspecified atom stereocenters. The van der Waals surface area contributed by atoms with Crippen molar-refractivity contribution in [2.24, 2.45) is 10.7 Å². The van der Waals surface area contributed by atoms with Gasteiger partial charge in [-0.2, -0.15) is 0 Å². The maximum atomic E-state index is 14.6. The van der Waals surface area contributed by atoms with Crippen molar-refractivity contribution in [3.63, 3.8) is 0 Å². The van der Waals surface area contributed by atoms with Gasteiger partial charge in [0.1, 0.15) is 17.7 Å². The van der Waals surface area contributed by atoms with Gasteiger partial charge in [0.15, 0.2) is 11.7 Å². The van der Waals surface area contributed by atoms with Crippen molar-refractivity contribution >= 4 is 5.84 Å². The van der Waals surface area contributed by atoms with E-state index < -0.39 is 5.54 Å². The Balaban J connectivity index is 1.83. The number of hydrogen-bond donors (Lipinski definition) is 1. The van der Waals surface area contributed by atoms with Crippen LogP contribution in [0.5, 0.6) is 0 Å². The number of nitrogens with zero attached hydrogens (tertiary/aromatic N) is 5. The van der Waals surface area contributed by atoms with Gasteiger partial charge in [0.05, 0.1) is 6.54 Å². The van der Waals surface area contributed by atoms with Crippen molar-refractivity contribution in [1.29, 1.82) is 0 Å². The first kappa shape index (κ1) is 14.5. The van der Waals surface area contributed by atoms with Crippen molar-refractivity contribution in [2.45, 2.75) is 19.0 Å². The Hall–Kier alpha value is -3.09. The highest BCUT2D eigenvalue weighted by Crippen LogP contribution is 2.35. The largest absolute Gasteiger partial charge is 0.381 e. The zero-order chi connectivity index (χ0) is 16.7. The van der Waals surface area contributed by atoms with Gasteiger partial charge in [-0.3, -0.25) is 4.99 Å². The van der Waals surface area contributed by atoms with Gasteiger partial charge in [-0.1, -0.05) is 6.07 Å². The summed E-state index contributed by atoms with van der Waals surface area (Å²) in [6.07, 6.45) is 8.33. The predicted octanol–water partition coefficient (Wildman–Crippen LogP) is 2.11. The summed E-state index contributed by atoms with van der Waals surface area (Å²) in [5.74, 6) is 0.598. The minimum atomic E-state index is -0.812. The molecule has 0 fully saturated rings. The third-order valence-corrected chi connectivity index (χ3v) is 4.23. The minimum Gasteiger partial charge on any atom is -0.381 e. The lowest BCUT2D eigenvalue weighted by Crippen LogP contribution is -2.37. The van der Waals surface area contributed by atoms with Crippen LogP contribution in [0.3, 0.4) is 0 Å². The Bertz CT molecular complexity index is 933. The average Bonchev–Trinajstić information content (AvgIpc) is 3.04. The fourth-order valence-electron chi connectivity index (χ4n) is 3.06. The molecule has 0 spiro atoms. The summed E-state index contributed by atoms with van der Waals surface area (Å²) in [7, 11) is 0. The monoisotopic (exact) mass is 322 g/mol. The molecule has 7 heteroatoms. The van der Waals surface area contributed by atoms with E-state index in [0.29, 0.717) is 23.8 Å². The number of hydrogen-bond acceptors (Lipinski definition) is 5. The lowest BCUT2D eigenvalue weighted by Gasteiger charge is -2.31. The van der Waals surface area contributed by atoms with E-state index in [2.05, 4.69) is 19.9 Å². The van der Waals surface area contributed by atoms with Crippen LogP contribution < -0.4 is 5.73 Å². The zero-order valence-corrected chi connectivity index (χ0v) is 13.0. The lowest BCUT2D eigenvalue weighted by atomic mass is 9.88. The van der Waals surface area contributed by atoms with Crippen molar-refractivity contribution in [2.75, 3.05) is 0 Å². The van der Waals surface area contributed by atoms with Crippen LogP contribution in [0.2, 0.25) is 0 Å². The van der Waals surface area contributed by atoms with Gasteiger partial charge in [-0.25, -0.2) is 19.3 Å². The molecule has 0 saturated carbocycles. The molecular weight excluding hydrogens is 307 g/mol. The first-order valence-electron chi connectivity index (χ1n) is 7.49. The fraction of sp³-hybridized carbons (Fsp3) is 0.176. The number of halogens is 1. The summed E-state index contributed by atoms with van der Waals surface area (Å²) in [4.78, 5) is 16.7. The molecule has 0 amide bonds. The molecular formula is C17H15FN6. The van der Waals surface area contributed by atoms with Crippen LogP contribution in [0.25, 0.3) is 11.1 Å². The number of aliphatic imine (C=N–C) groups is 1. The van der Waals surface area contributed by atoms with Gasteiger partial charge in [0, 0.05) is 35.9 Å².